The lowest BCUT2D eigenvalue weighted by Crippen LogP contribution is -2.08. The van der Waals surface area contributed by atoms with E-state index in [4.69, 9.17) is 15.7 Å². The third-order valence-electron chi connectivity index (χ3n) is 6.55. The van der Waals surface area contributed by atoms with Crippen molar-refractivity contribution in [3.63, 3.8) is 0 Å². The lowest BCUT2D eigenvalue weighted by Gasteiger charge is -2.14. The van der Waals surface area contributed by atoms with E-state index in [0.717, 1.165) is 65.3 Å². The van der Waals surface area contributed by atoms with Crippen LogP contribution in [0, 0.1) is 0 Å². The number of imidazole rings is 1. The Bertz CT molecular complexity index is 1350. The molecule has 0 unspecified atom stereocenters. The fraction of sp³-hybridized carbons (Fsp3) is 0.346. The SMILES string of the molecule is CP(C)(=O)c1ccc(Nc2nc(C3CCCC3)nc3c2ncn3CCc2cccc(N)c2)cc1. The molecule has 1 saturated carbocycles. The number of nitrogens with two attached hydrogens (primary N) is 1. The molecule has 2 heterocycles. The Hall–Kier alpha value is -3.18. The number of aryl methyl sites for hydroxylation is 2. The van der Waals surface area contributed by atoms with Gasteiger partial charge < -0.3 is 20.2 Å². The number of fused-ring (bicyclic) bond motifs is 1. The average Bonchev–Trinajstić information content (AvgIpc) is 3.48. The molecule has 2 aromatic carbocycles. The predicted molar refractivity (Wildman–Crippen MR) is 140 cm³/mol. The minimum absolute atomic E-state index is 0.385. The Kier molecular flexibility index (Phi) is 6.13. The first kappa shape index (κ1) is 22.6. The lowest BCUT2D eigenvalue weighted by molar-refractivity contribution is 0.588. The van der Waals surface area contributed by atoms with Gasteiger partial charge in [0.15, 0.2) is 17.0 Å². The van der Waals surface area contributed by atoms with Crippen LogP contribution in [0.25, 0.3) is 11.2 Å². The zero-order valence-electron chi connectivity index (χ0n) is 19.7. The summed E-state index contributed by atoms with van der Waals surface area (Å²) in [7, 11) is -2.29. The summed E-state index contributed by atoms with van der Waals surface area (Å²) in [6.45, 7) is 4.33. The fourth-order valence-corrected chi connectivity index (χ4v) is 5.48. The second-order valence-electron chi connectivity index (χ2n) is 9.54. The van der Waals surface area contributed by atoms with Crippen LogP contribution in [0.5, 0.6) is 0 Å². The summed E-state index contributed by atoms with van der Waals surface area (Å²) in [5.41, 5.74) is 10.4. The molecule has 34 heavy (non-hydrogen) atoms. The van der Waals surface area contributed by atoms with Gasteiger partial charge in [0.2, 0.25) is 0 Å². The van der Waals surface area contributed by atoms with Gasteiger partial charge >= 0.3 is 0 Å². The molecule has 0 radical (unpaired) electrons. The largest absolute Gasteiger partial charge is 0.399 e. The van der Waals surface area contributed by atoms with E-state index in [1.165, 1.54) is 18.4 Å². The molecule has 2 aromatic heterocycles. The highest BCUT2D eigenvalue weighted by atomic mass is 31.2. The molecule has 1 aliphatic rings. The van der Waals surface area contributed by atoms with Gasteiger partial charge in [-0.15, -0.1) is 0 Å². The van der Waals surface area contributed by atoms with Crippen molar-refractivity contribution in [3.8, 4) is 0 Å². The summed E-state index contributed by atoms with van der Waals surface area (Å²) < 4.78 is 14.5. The van der Waals surface area contributed by atoms with E-state index in [1.54, 1.807) is 13.3 Å². The zero-order valence-corrected chi connectivity index (χ0v) is 20.6. The average molecular weight is 475 g/mol. The predicted octanol–water partition coefficient (Wildman–Crippen LogP) is 5.30. The quantitative estimate of drug-likeness (QED) is 0.279. The number of nitrogen functional groups attached to an aromatic ring is 1. The van der Waals surface area contributed by atoms with Gasteiger partial charge in [0.05, 0.1) is 6.33 Å². The molecular weight excluding hydrogens is 443 g/mol. The Balaban J connectivity index is 1.48. The zero-order chi connectivity index (χ0) is 23.7. The van der Waals surface area contributed by atoms with Crippen molar-refractivity contribution in [2.45, 2.75) is 44.6 Å². The van der Waals surface area contributed by atoms with Crippen LogP contribution in [0.1, 0.15) is 43.0 Å². The highest BCUT2D eigenvalue weighted by molar-refractivity contribution is 7.70. The molecule has 176 valence electrons. The molecule has 0 bridgehead atoms. The van der Waals surface area contributed by atoms with Crippen LogP contribution in [-0.2, 0) is 17.5 Å². The van der Waals surface area contributed by atoms with E-state index in [9.17, 15) is 4.57 Å². The topological polar surface area (TPSA) is 98.7 Å². The monoisotopic (exact) mass is 474 g/mol. The molecule has 5 rings (SSSR count). The summed E-state index contributed by atoms with van der Waals surface area (Å²) in [5.74, 6) is 2.00. The summed E-state index contributed by atoms with van der Waals surface area (Å²) in [6, 6.07) is 15.7. The Morgan fingerprint density at radius 1 is 1.09 bits per heavy atom. The highest BCUT2D eigenvalue weighted by Gasteiger charge is 2.23. The summed E-state index contributed by atoms with van der Waals surface area (Å²) >= 11 is 0. The normalized spacial score (nSPS) is 14.6. The standard InChI is InChI=1S/C26H31N6OP/c1-34(2,33)22-12-10-21(11-13-22)29-25-23-26(31-24(30-25)19-7-3-4-8-19)32(17-28-23)15-14-18-6-5-9-20(27)16-18/h5-6,9-13,16-17,19H,3-4,7-8,14-15,27H2,1-2H3,(H,29,30,31). The van der Waals surface area contributed by atoms with Gasteiger partial charge in [-0.3, -0.25) is 0 Å². The van der Waals surface area contributed by atoms with E-state index in [2.05, 4.69) is 20.9 Å². The maximum Gasteiger partial charge on any atom is 0.165 e. The molecule has 1 fully saturated rings. The van der Waals surface area contributed by atoms with Crippen molar-refractivity contribution in [2.75, 3.05) is 24.4 Å². The van der Waals surface area contributed by atoms with Crippen molar-refractivity contribution in [1.82, 2.24) is 19.5 Å². The number of nitrogens with one attached hydrogen (secondary N) is 1. The first-order valence-corrected chi connectivity index (χ1v) is 14.5. The number of hydrogen-bond donors (Lipinski definition) is 2. The first-order chi connectivity index (χ1) is 16.4. The lowest BCUT2D eigenvalue weighted by atomic mass is 10.1. The van der Waals surface area contributed by atoms with Crippen LogP contribution in [0.15, 0.2) is 54.9 Å². The van der Waals surface area contributed by atoms with Gasteiger partial charge in [0.1, 0.15) is 13.0 Å². The summed E-state index contributed by atoms with van der Waals surface area (Å²) in [5, 5.41) is 4.32. The van der Waals surface area contributed by atoms with Gasteiger partial charge in [-0.05, 0) is 74.6 Å². The molecule has 0 spiro atoms. The number of hydrogen-bond acceptors (Lipinski definition) is 6. The number of anilines is 3. The molecular formula is C26H31N6OP. The van der Waals surface area contributed by atoms with Gasteiger partial charge in [-0.1, -0.05) is 25.0 Å². The minimum Gasteiger partial charge on any atom is -0.399 e. The number of rotatable bonds is 7. The fourth-order valence-electron chi connectivity index (χ4n) is 4.62. The van der Waals surface area contributed by atoms with Gasteiger partial charge in [0.25, 0.3) is 0 Å². The molecule has 7 nitrogen and oxygen atoms in total. The number of benzene rings is 2. The number of nitrogens with zero attached hydrogens (tertiary/aromatic N) is 4. The van der Waals surface area contributed by atoms with Crippen molar-refractivity contribution in [3.05, 3.63) is 66.2 Å². The van der Waals surface area contributed by atoms with Crippen LogP contribution in [0.2, 0.25) is 0 Å². The first-order valence-electron chi connectivity index (χ1n) is 11.9. The molecule has 0 atom stereocenters. The van der Waals surface area contributed by atoms with Crippen LogP contribution >= 0.6 is 7.14 Å². The van der Waals surface area contributed by atoms with Crippen molar-refractivity contribution in [2.24, 2.45) is 0 Å². The van der Waals surface area contributed by atoms with Crippen LogP contribution in [-0.4, -0.2) is 32.8 Å². The second kappa shape index (κ2) is 9.22. The van der Waals surface area contributed by atoms with E-state index in [0.29, 0.717) is 5.92 Å². The minimum atomic E-state index is -2.29. The van der Waals surface area contributed by atoms with Gasteiger partial charge in [-0.25, -0.2) is 15.0 Å². The molecule has 0 aliphatic heterocycles. The molecule has 1 aliphatic carbocycles. The maximum absolute atomic E-state index is 12.4. The third-order valence-corrected chi connectivity index (χ3v) is 8.09. The van der Waals surface area contributed by atoms with Crippen molar-refractivity contribution >= 4 is 40.8 Å². The second-order valence-corrected chi connectivity index (χ2v) is 12.8. The summed E-state index contributed by atoms with van der Waals surface area (Å²) in [6.07, 6.45) is 7.39. The Morgan fingerprint density at radius 2 is 1.85 bits per heavy atom. The summed E-state index contributed by atoms with van der Waals surface area (Å²) in [4.78, 5) is 14.6. The van der Waals surface area contributed by atoms with E-state index in [-0.39, 0.29) is 0 Å². The van der Waals surface area contributed by atoms with Gasteiger partial charge in [-0.2, -0.15) is 0 Å². The third kappa shape index (κ3) is 4.85. The van der Waals surface area contributed by atoms with Gasteiger partial charge in [0, 0.05) is 29.1 Å². The smallest absolute Gasteiger partial charge is 0.165 e. The Morgan fingerprint density at radius 3 is 2.56 bits per heavy atom. The molecule has 4 aromatic rings. The van der Waals surface area contributed by atoms with Crippen molar-refractivity contribution < 1.29 is 4.57 Å². The molecule has 8 heteroatoms. The molecule has 3 N–H and O–H groups in total. The Labute approximate surface area is 200 Å². The van der Waals surface area contributed by atoms with Crippen molar-refractivity contribution in [1.29, 1.82) is 0 Å². The highest BCUT2D eigenvalue weighted by Crippen LogP contribution is 2.36. The maximum atomic E-state index is 12.4. The van der Waals surface area contributed by atoms with Crippen LogP contribution in [0.4, 0.5) is 17.2 Å². The van der Waals surface area contributed by atoms with E-state index >= 15 is 0 Å². The van der Waals surface area contributed by atoms with E-state index in [1.807, 2.05) is 48.8 Å². The number of aromatic nitrogens is 4. The van der Waals surface area contributed by atoms with Crippen LogP contribution in [0.3, 0.4) is 0 Å². The van der Waals surface area contributed by atoms with Crippen LogP contribution < -0.4 is 16.4 Å². The molecule has 0 saturated heterocycles. The molecule has 0 amide bonds. The van der Waals surface area contributed by atoms with E-state index < -0.39 is 7.14 Å².